The molecule has 0 amide bonds. The zero-order valence-corrected chi connectivity index (χ0v) is 6.35. The second kappa shape index (κ2) is 3.22. The largest absolute Gasteiger partial charge is 0.185 e. The van der Waals surface area contributed by atoms with Gasteiger partial charge in [0.15, 0.2) is 0 Å². The van der Waals surface area contributed by atoms with Crippen LogP contribution in [0.2, 0.25) is 0 Å². The van der Waals surface area contributed by atoms with E-state index in [1.807, 2.05) is 17.7 Å². The molecule has 4 heteroatoms. The number of hydrogen-bond donors (Lipinski definition) is 1. The molecule has 0 bridgehead atoms. The van der Waals surface area contributed by atoms with Crippen LogP contribution < -0.4 is 0 Å². The molecule has 0 fully saturated rings. The first kappa shape index (κ1) is 7.08. The minimum Gasteiger partial charge on any atom is -0.185 e. The number of aryl methyl sites for hydroxylation is 1. The van der Waals surface area contributed by atoms with E-state index in [4.69, 9.17) is 5.53 Å². The summed E-state index contributed by atoms with van der Waals surface area (Å²) >= 11 is 1.62. The molecule has 0 aromatic carbocycles. The highest BCUT2D eigenvalue weighted by Gasteiger charge is 1.92. The van der Waals surface area contributed by atoms with Crippen LogP contribution in [0, 0.1) is 12.5 Å². The maximum Gasteiger partial charge on any atom is 0.0597 e. The monoisotopic (exact) mass is 153 g/mol. The van der Waals surface area contributed by atoms with Gasteiger partial charge in [-0.2, -0.15) is 16.9 Å². The van der Waals surface area contributed by atoms with Gasteiger partial charge < -0.3 is 0 Å². The normalized spacial score (nSPS) is 10.5. The van der Waals surface area contributed by atoms with Crippen molar-refractivity contribution in [3.05, 3.63) is 21.9 Å². The van der Waals surface area contributed by atoms with Crippen molar-refractivity contribution in [3.8, 4) is 0 Å². The van der Waals surface area contributed by atoms with E-state index >= 15 is 0 Å². The van der Waals surface area contributed by atoms with Crippen LogP contribution in [0.1, 0.15) is 11.1 Å². The van der Waals surface area contributed by atoms with E-state index in [1.165, 1.54) is 5.56 Å². The fraction of sp³-hybridized carbons (Fsp3) is 0.167. The van der Waals surface area contributed by atoms with Crippen molar-refractivity contribution in [1.82, 2.24) is 0 Å². The lowest BCUT2D eigenvalue weighted by atomic mass is 10.2. The summed E-state index contributed by atoms with van der Waals surface area (Å²) in [6.45, 7) is 2.00. The van der Waals surface area contributed by atoms with Gasteiger partial charge in [0, 0.05) is 5.56 Å². The third kappa shape index (κ3) is 1.48. The summed E-state index contributed by atoms with van der Waals surface area (Å²) in [4.78, 5) is 0. The molecule has 0 saturated heterocycles. The van der Waals surface area contributed by atoms with Gasteiger partial charge in [-0.05, 0) is 23.2 Å². The summed E-state index contributed by atoms with van der Waals surface area (Å²) in [5.74, 6) is 0. The summed E-state index contributed by atoms with van der Waals surface area (Å²) < 4.78 is 0. The third-order valence-corrected chi connectivity index (χ3v) is 2.03. The molecule has 0 aliphatic rings. The molecule has 0 unspecified atom stereocenters. The molecule has 0 aliphatic heterocycles. The average molecular weight is 153 g/mol. The predicted octanol–water partition coefficient (Wildman–Crippen LogP) is 2.42. The van der Waals surface area contributed by atoms with Crippen molar-refractivity contribution < 1.29 is 0 Å². The van der Waals surface area contributed by atoms with Gasteiger partial charge in [0.25, 0.3) is 0 Å². The molecule has 0 atom stereocenters. The first-order valence-corrected chi connectivity index (χ1v) is 3.71. The van der Waals surface area contributed by atoms with Crippen LogP contribution in [-0.4, -0.2) is 6.21 Å². The Kier molecular flexibility index (Phi) is 2.28. The fourth-order valence-electron chi connectivity index (χ4n) is 0.594. The van der Waals surface area contributed by atoms with E-state index in [9.17, 15) is 0 Å². The van der Waals surface area contributed by atoms with E-state index in [1.54, 1.807) is 17.6 Å². The van der Waals surface area contributed by atoms with Gasteiger partial charge in [-0.3, -0.25) is 0 Å². The molecule has 0 spiro atoms. The van der Waals surface area contributed by atoms with Gasteiger partial charge in [0.2, 0.25) is 0 Å². The lowest BCUT2D eigenvalue weighted by Gasteiger charge is -1.83. The maximum absolute atomic E-state index is 6.41. The molecule has 0 saturated carbocycles. The number of thiophene rings is 1. The maximum atomic E-state index is 6.41. The number of nitrogens with one attached hydrogen (secondary N) is 1. The van der Waals surface area contributed by atoms with Crippen molar-refractivity contribution in [1.29, 1.82) is 5.53 Å². The van der Waals surface area contributed by atoms with E-state index in [0.717, 1.165) is 5.56 Å². The second-order valence-electron chi connectivity index (χ2n) is 1.85. The van der Waals surface area contributed by atoms with Crippen LogP contribution in [0.3, 0.4) is 0 Å². The third-order valence-electron chi connectivity index (χ3n) is 1.15. The minimum atomic E-state index is 1.04. The molecule has 1 rings (SSSR count). The quantitative estimate of drug-likeness (QED) is 0.385. The second-order valence-corrected chi connectivity index (χ2v) is 2.60. The van der Waals surface area contributed by atoms with Gasteiger partial charge in [-0.25, -0.2) is 0 Å². The summed E-state index contributed by atoms with van der Waals surface area (Å²) in [5.41, 5.74) is 8.63. The van der Waals surface area contributed by atoms with Crippen LogP contribution >= 0.6 is 11.3 Å². The highest BCUT2D eigenvalue weighted by Crippen LogP contribution is 2.10. The molecule has 1 aromatic heterocycles. The molecule has 3 nitrogen and oxygen atoms in total. The fourth-order valence-corrected chi connectivity index (χ4v) is 1.40. The highest BCUT2D eigenvalue weighted by molar-refractivity contribution is 7.08. The van der Waals surface area contributed by atoms with Crippen LogP contribution in [0.5, 0.6) is 0 Å². The highest BCUT2D eigenvalue weighted by atomic mass is 32.1. The smallest absolute Gasteiger partial charge is 0.0597 e. The zero-order chi connectivity index (χ0) is 7.40. The van der Waals surface area contributed by atoms with Gasteiger partial charge in [-0.15, -0.1) is 5.10 Å². The van der Waals surface area contributed by atoms with E-state index in [2.05, 4.69) is 10.3 Å². The molecule has 1 N–H and O–H groups in total. The Labute approximate surface area is 62.9 Å². The molecule has 1 heterocycles. The zero-order valence-electron chi connectivity index (χ0n) is 5.53. The van der Waals surface area contributed by atoms with E-state index in [-0.39, 0.29) is 0 Å². The Morgan fingerprint density at radius 2 is 2.40 bits per heavy atom. The van der Waals surface area contributed by atoms with Crippen LogP contribution in [0.4, 0.5) is 0 Å². The van der Waals surface area contributed by atoms with Gasteiger partial charge >= 0.3 is 0 Å². The Balaban J connectivity index is 2.83. The minimum absolute atomic E-state index is 1.04. The molecular weight excluding hydrogens is 146 g/mol. The van der Waals surface area contributed by atoms with Crippen LogP contribution in [0.25, 0.3) is 0 Å². The molecule has 0 aliphatic carbocycles. The lowest BCUT2D eigenvalue weighted by molar-refractivity contribution is 0.996. The van der Waals surface area contributed by atoms with Crippen molar-refractivity contribution in [3.63, 3.8) is 0 Å². The summed E-state index contributed by atoms with van der Waals surface area (Å²) in [5, 5.41) is 10.3. The molecule has 1 aromatic rings. The molecule has 0 radical (unpaired) electrons. The molecule has 10 heavy (non-hydrogen) atoms. The predicted molar refractivity (Wildman–Crippen MR) is 41.8 cm³/mol. The van der Waals surface area contributed by atoms with Gasteiger partial charge in [-0.1, -0.05) is 5.22 Å². The molecular formula is C6H7N3S. The Morgan fingerprint density at radius 3 is 2.90 bits per heavy atom. The van der Waals surface area contributed by atoms with Gasteiger partial charge in [0.05, 0.1) is 6.21 Å². The Bertz CT molecular complexity index is 251. The summed E-state index contributed by atoms with van der Waals surface area (Å²) in [6.07, 6.45) is 1.58. The summed E-state index contributed by atoms with van der Waals surface area (Å²) in [6, 6.07) is 0. The van der Waals surface area contributed by atoms with Crippen LogP contribution in [0.15, 0.2) is 21.1 Å². The van der Waals surface area contributed by atoms with Crippen molar-refractivity contribution in [2.24, 2.45) is 10.3 Å². The van der Waals surface area contributed by atoms with Crippen molar-refractivity contribution in [2.45, 2.75) is 6.92 Å². The lowest BCUT2D eigenvalue weighted by Crippen LogP contribution is -1.76. The summed E-state index contributed by atoms with van der Waals surface area (Å²) in [7, 11) is 0. The van der Waals surface area contributed by atoms with Crippen molar-refractivity contribution >= 4 is 17.6 Å². The SMILES string of the molecule is Cc1cscc1C=NN=N. The number of rotatable bonds is 2. The Hall–Kier alpha value is -1.03. The number of nitrogens with zero attached hydrogens (tertiary/aromatic N) is 2. The van der Waals surface area contributed by atoms with Gasteiger partial charge in [0.1, 0.15) is 0 Å². The topological polar surface area (TPSA) is 48.6 Å². The standard InChI is InChI=1S/C6H7N3S/c1-5-3-10-4-6(5)2-8-9-7/h2-4,7H,1H3. The van der Waals surface area contributed by atoms with E-state index in [0.29, 0.717) is 0 Å². The van der Waals surface area contributed by atoms with E-state index < -0.39 is 0 Å². The molecule has 52 valence electrons. The van der Waals surface area contributed by atoms with Crippen molar-refractivity contribution in [2.75, 3.05) is 0 Å². The van der Waals surface area contributed by atoms with Crippen LogP contribution in [-0.2, 0) is 0 Å². The first-order chi connectivity index (χ1) is 4.84. The first-order valence-electron chi connectivity index (χ1n) is 2.77. The number of hydrogen-bond acceptors (Lipinski definition) is 3. The average Bonchev–Trinajstić information content (AvgIpc) is 2.31. The Morgan fingerprint density at radius 1 is 1.60 bits per heavy atom.